The summed E-state index contributed by atoms with van der Waals surface area (Å²) in [6.07, 6.45) is 0.560. The van der Waals surface area contributed by atoms with Crippen molar-refractivity contribution in [3.05, 3.63) is 24.4 Å². The third kappa shape index (κ3) is 2.32. The molecule has 0 unspecified atom stereocenters. The smallest absolute Gasteiger partial charge is 0.254 e. The van der Waals surface area contributed by atoms with E-state index < -0.39 is 12.0 Å². The Morgan fingerprint density at radius 1 is 1.67 bits per heavy atom. The maximum absolute atomic E-state index is 10.9. The van der Waals surface area contributed by atoms with Crippen LogP contribution in [0.25, 0.3) is 0 Å². The Balaban J connectivity index is 2.59. The van der Waals surface area contributed by atoms with E-state index in [0.717, 1.165) is 0 Å². The molecule has 2 N–H and O–H groups in total. The minimum absolute atomic E-state index is 0.448. The minimum atomic E-state index is -1.01. The van der Waals surface area contributed by atoms with Crippen LogP contribution in [-0.4, -0.2) is 22.1 Å². The number of hydrogen-bond donors (Lipinski definition) is 2. The first kappa shape index (κ1) is 8.67. The molecule has 0 saturated carbocycles. The number of aromatic nitrogens is 1. The lowest BCUT2D eigenvalue weighted by molar-refractivity contribution is -0.123. The highest BCUT2D eigenvalue weighted by molar-refractivity contribution is 5.92. The molecule has 1 rings (SSSR count). The van der Waals surface area contributed by atoms with Gasteiger partial charge in [-0.15, -0.1) is 0 Å². The van der Waals surface area contributed by atoms with E-state index in [1.54, 1.807) is 24.4 Å². The Morgan fingerprint density at radius 3 is 2.92 bits per heavy atom. The second kappa shape index (κ2) is 3.82. The summed E-state index contributed by atoms with van der Waals surface area (Å²) in [5.74, 6) is -0.00269. The van der Waals surface area contributed by atoms with Crippen LogP contribution in [0.5, 0.6) is 0 Å². The molecule has 4 nitrogen and oxygen atoms in total. The van der Waals surface area contributed by atoms with E-state index in [0.29, 0.717) is 5.82 Å². The van der Waals surface area contributed by atoms with Gasteiger partial charge < -0.3 is 10.4 Å². The van der Waals surface area contributed by atoms with Crippen molar-refractivity contribution in [2.24, 2.45) is 0 Å². The number of pyridine rings is 1. The van der Waals surface area contributed by atoms with Crippen LogP contribution in [0.2, 0.25) is 0 Å². The first-order valence-corrected chi connectivity index (χ1v) is 3.60. The van der Waals surface area contributed by atoms with Crippen molar-refractivity contribution < 1.29 is 9.90 Å². The lowest BCUT2D eigenvalue weighted by atomic mass is 10.4. The average molecular weight is 166 g/mol. The van der Waals surface area contributed by atoms with Crippen molar-refractivity contribution in [3.63, 3.8) is 0 Å². The summed E-state index contributed by atoms with van der Waals surface area (Å²) in [6, 6.07) is 5.16. The van der Waals surface area contributed by atoms with Gasteiger partial charge in [-0.1, -0.05) is 6.07 Å². The molecule has 1 aromatic rings. The van der Waals surface area contributed by atoms with Gasteiger partial charge in [0.2, 0.25) is 0 Å². The van der Waals surface area contributed by atoms with E-state index in [1.807, 2.05) is 0 Å². The second-order valence-corrected chi connectivity index (χ2v) is 2.38. The van der Waals surface area contributed by atoms with Crippen molar-refractivity contribution >= 4 is 11.7 Å². The molecule has 4 heteroatoms. The molecule has 0 aromatic carbocycles. The summed E-state index contributed by atoms with van der Waals surface area (Å²) < 4.78 is 0. The summed E-state index contributed by atoms with van der Waals surface area (Å²) in [5, 5.41) is 11.3. The summed E-state index contributed by atoms with van der Waals surface area (Å²) in [5.41, 5.74) is 0. The lowest BCUT2D eigenvalue weighted by Gasteiger charge is -2.04. The Bertz CT molecular complexity index is 259. The Morgan fingerprint density at radius 2 is 2.42 bits per heavy atom. The summed E-state index contributed by atoms with van der Waals surface area (Å²) >= 11 is 0. The Hall–Kier alpha value is -1.42. The average Bonchev–Trinajstić information content (AvgIpc) is 2.06. The quantitative estimate of drug-likeness (QED) is 0.668. The Kier molecular flexibility index (Phi) is 2.76. The number of amides is 1. The van der Waals surface area contributed by atoms with Gasteiger partial charge in [0, 0.05) is 6.20 Å². The molecule has 64 valence electrons. The number of nitrogens with zero attached hydrogens (tertiary/aromatic N) is 1. The number of carbonyl (C=O) groups excluding carboxylic acids is 1. The fourth-order valence-electron chi connectivity index (χ4n) is 0.667. The summed E-state index contributed by atoms with van der Waals surface area (Å²) in [7, 11) is 0. The van der Waals surface area contributed by atoms with Gasteiger partial charge in [0.15, 0.2) is 0 Å². The zero-order valence-corrected chi connectivity index (χ0v) is 6.69. The molecule has 1 aromatic heterocycles. The molecule has 1 heterocycles. The molecule has 1 amide bonds. The maximum atomic E-state index is 10.9. The minimum Gasteiger partial charge on any atom is -0.384 e. The normalized spacial score (nSPS) is 12.2. The standard InChI is InChI=1S/C8H10N2O2/c1-6(11)8(12)10-7-4-2-3-5-9-7/h2-6,11H,1H3,(H,9,10,12)/t6-/m0/s1. The van der Waals surface area contributed by atoms with Gasteiger partial charge in [-0.05, 0) is 19.1 Å². The van der Waals surface area contributed by atoms with E-state index >= 15 is 0 Å². The number of aliphatic hydroxyl groups excluding tert-OH is 1. The lowest BCUT2D eigenvalue weighted by Crippen LogP contribution is -2.24. The number of carbonyl (C=O) groups is 1. The molecule has 0 spiro atoms. The van der Waals surface area contributed by atoms with Gasteiger partial charge in [-0.25, -0.2) is 4.98 Å². The van der Waals surface area contributed by atoms with E-state index in [2.05, 4.69) is 10.3 Å². The molecule has 12 heavy (non-hydrogen) atoms. The zero-order valence-electron chi connectivity index (χ0n) is 6.69. The third-order valence-corrected chi connectivity index (χ3v) is 1.30. The fraction of sp³-hybridized carbons (Fsp3) is 0.250. The van der Waals surface area contributed by atoms with Crippen molar-refractivity contribution in [2.45, 2.75) is 13.0 Å². The molecule has 0 aliphatic rings. The van der Waals surface area contributed by atoms with E-state index in [4.69, 9.17) is 5.11 Å². The molecule has 0 bridgehead atoms. The number of anilines is 1. The van der Waals surface area contributed by atoms with Crippen LogP contribution in [-0.2, 0) is 4.79 Å². The Labute approximate surface area is 70.3 Å². The highest BCUT2D eigenvalue weighted by atomic mass is 16.3. The molecular formula is C8H10N2O2. The molecular weight excluding hydrogens is 156 g/mol. The molecule has 0 fully saturated rings. The number of rotatable bonds is 2. The van der Waals surface area contributed by atoms with Crippen LogP contribution < -0.4 is 5.32 Å². The van der Waals surface area contributed by atoms with Crippen LogP contribution in [0.3, 0.4) is 0 Å². The highest BCUT2D eigenvalue weighted by Gasteiger charge is 2.08. The van der Waals surface area contributed by atoms with Gasteiger partial charge in [-0.2, -0.15) is 0 Å². The predicted octanol–water partition coefficient (Wildman–Crippen LogP) is 0.401. The van der Waals surface area contributed by atoms with Gasteiger partial charge in [0.1, 0.15) is 11.9 Å². The molecule has 0 aliphatic heterocycles. The molecule has 0 saturated heterocycles. The van der Waals surface area contributed by atoms with Gasteiger partial charge in [0.25, 0.3) is 5.91 Å². The fourth-order valence-corrected chi connectivity index (χ4v) is 0.667. The predicted molar refractivity (Wildman–Crippen MR) is 44.5 cm³/mol. The second-order valence-electron chi connectivity index (χ2n) is 2.38. The first-order valence-electron chi connectivity index (χ1n) is 3.60. The summed E-state index contributed by atoms with van der Waals surface area (Å²) in [6.45, 7) is 1.40. The topological polar surface area (TPSA) is 62.2 Å². The third-order valence-electron chi connectivity index (χ3n) is 1.30. The molecule has 0 aliphatic carbocycles. The van der Waals surface area contributed by atoms with Crippen LogP contribution in [0.1, 0.15) is 6.92 Å². The van der Waals surface area contributed by atoms with Crippen molar-refractivity contribution in [3.8, 4) is 0 Å². The number of nitrogens with one attached hydrogen (secondary N) is 1. The zero-order chi connectivity index (χ0) is 8.97. The van der Waals surface area contributed by atoms with E-state index in [-0.39, 0.29) is 0 Å². The van der Waals surface area contributed by atoms with Crippen molar-refractivity contribution in [1.82, 2.24) is 4.98 Å². The number of hydrogen-bond acceptors (Lipinski definition) is 3. The first-order chi connectivity index (χ1) is 5.70. The van der Waals surface area contributed by atoms with Crippen LogP contribution >= 0.6 is 0 Å². The van der Waals surface area contributed by atoms with Crippen molar-refractivity contribution in [2.75, 3.05) is 5.32 Å². The van der Waals surface area contributed by atoms with Gasteiger partial charge >= 0.3 is 0 Å². The summed E-state index contributed by atoms with van der Waals surface area (Å²) in [4.78, 5) is 14.8. The molecule has 0 radical (unpaired) electrons. The largest absolute Gasteiger partial charge is 0.384 e. The van der Waals surface area contributed by atoms with Gasteiger partial charge in [0.05, 0.1) is 0 Å². The van der Waals surface area contributed by atoms with Crippen LogP contribution in [0.15, 0.2) is 24.4 Å². The maximum Gasteiger partial charge on any atom is 0.254 e. The van der Waals surface area contributed by atoms with Crippen LogP contribution in [0.4, 0.5) is 5.82 Å². The highest BCUT2D eigenvalue weighted by Crippen LogP contribution is 1.99. The number of aliphatic hydroxyl groups is 1. The SMILES string of the molecule is C[C@H](O)C(=O)Nc1ccccn1. The van der Waals surface area contributed by atoms with Crippen molar-refractivity contribution in [1.29, 1.82) is 0 Å². The van der Waals surface area contributed by atoms with Crippen LogP contribution in [0, 0.1) is 0 Å². The van der Waals surface area contributed by atoms with E-state index in [9.17, 15) is 4.79 Å². The monoisotopic (exact) mass is 166 g/mol. The molecule has 1 atom stereocenters. The van der Waals surface area contributed by atoms with Gasteiger partial charge in [-0.3, -0.25) is 4.79 Å². The van der Waals surface area contributed by atoms with E-state index in [1.165, 1.54) is 6.92 Å².